The van der Waals surface area contributed by atoms with Crippen molar-refractivity contribution in [1.82, 2.24) is 4.90 Å². The van der Waals surface area contributed by atoms with Gasteiger partial charge in [-0.1, -0.05) is 64.2 Å². The van der Waals surface area contributed by atoms with Crippen molar-refractivity contribution in [3.8, 4) is 0 Å². The molecule has 0 aliphatic heterocycles. The summed E-state index contributed by atoms with van der Waals surface area (Å²) in [6.07, 6.45) is 0.795. The van der Waals surface area contributed by atoms with E-state index in [1.54, 1.807) is 0 Å². The molecule has 106 valence electrons. The Bertz CT molecular complexity index is 404. The molecule has 0 saturated heterocycles. The van der Waals surface area contributed by atoms with Gasteiger partial charge in [0, 0.05) is 19.5 Å². The lowest BCUT2D eigenvalue weighted by Crippen LogP contribution is -2.27. The number of rotatable bonds is 6. The van der Waals surface area contributed by atoms with Crippen molar-refractivity contribution in [2.45, 2.75) is 46.1 Å². The Morgan fingerprint density at radius 3 is 2.21 bits per heavy atom. The molecule has 0 spiro atoms. The molecular weight excluding hydrogens is 252 g/mol. The van der Waals surface area contributed by atoms with Crippen molar-refractivity contribution >= 4 is 17.2 Å². The molecule has 0 unspecified atom stereocenters. The summed E-state index contributed by atoms with van der Waals surface area (Å²) in [4.78, 5) is 2.96. The fourth-order valence-corrected chi connectivity index (χ4v) is 2.08. The fraction of sp³-hybridized carbons (Fsp3) is 0.562. The molecule has 3 heteroatoms. The number of nitrogens with zero attached hydrogens (tertiary/aromatic N) is 1. The zero-order valence-corrected chi connectivity index (χ0v) is 13.4. The first-order valence-corrected chi connectivity index (χ1v) is 7.34. The van der Waals surface area contributed by atoms with Crippen molar-refractivity contribution in [1.29, 1.82) is 0 Å². The van der Waals surface area contributed by atoms with Crippen LogP contribution in [0.1, 0.15) is 45.2 Å². The molecule has 1 aromatic carbocycles. The van der Waals surface area contributed by atoms with Crippen LogP contribution in [0.3, 0.4) is 0 Å². The van der Waals surface area contributed by atoms with E-state index >= 15 is 0 Å². The van der Waals surface area contributed by atoms with Gasteiger partial charge in [-0.05, 0) is 23.1 Å². The number of benzene rings is 1. The number of hydrogen-bond acceptors (Lipinski definition) is 2. The van der Waals surface area contributed by atoms with Crippen molar-refractivity contribution in [2.75, 3.05) is 13.1 Å². The van der Waals surface area contributed by atoms with Crippen LogP contribution in [-0.2, 0) is 12.0 Å². The summed E-state index contributed by atoms with van der Waals surface area (Å²) in [5, 5.41) is 0. The first-order valence-electron chi connectivity index (χ1n) is 6.93. The Morgan fingerprint density at radius 2 is 1.79 bits per heavy atom. The summed E-state index contributed by atoms with van der Waals surface area (Å²) in [7, 11) is 0. The van der Waals surface area contributed by atoms with E-state index in [1.807, 2.05) is 0 Å². The van der Waals surface area contributed by atoms with Gasteiger partial charge in [0.1, 0.15) is 0 Å². The van der Waals surface area contributed by atoms with E-state index in [1.165, 1.54) is 11.1 Å². The van der Waals surface area contributed by atoms with Gasteiger partial charge in [0.15, 0.2) is 0 Å². The minimum absolute atomic E-state index is 0.217. The van der Waals surface area contributed by atoms with Crippen molar-refractivity contribution in [3.05, 3.63) is 35.4 Å². The van der Waals surface area contributed by atoms with E-state index in [-0.39, 0.29) is 5.41 Å². The van der Waals surface area contributed by atoms with Crippen LogP contribution in [0, 0.1) is 0 Å². The summed E-state index contributed by atoms with van der Waals surface area (Å²) in [5.41, 5.74) is 8.50. The van der Waals surface area contributed by atoms with E-state index < -0.39 is 0 Å². The van der Waals surface area contributed by atoms with E-state index in [4.69, 9.17) is 18.0 Å². The predicted octanol–water partition coefficient (Wildman–Crippen LogP) is 3.48. The van der Waals surface area contributed by atoms with Crippen LogP contribution < -0.4 is 5.73 Å². The molecule has 2 N–H and O–H groups in total. The van der Waals surface area contributed by atoms with E-state index in [9.17, 15) is 0 Å². The van der Waals surface area contributed by atoms with Gasteiger partial charge < -0.3 is 5.73 Å². The third-order valence-electron chi connectivity index (χ3n) is 3.35. The Balaban J connectivity index is 2.63. The molecule has 0 saturated carbocycles. The topological polar surface area (TPSA) is 29.3 Å². The maximum Gasteiger partial charge on any atom is 0.0740 e. The van der Waals surface area contributed by atoms with Crippen LogP contribution in [0.25, 0.3) is 0 Å². The monoisotopic (exact) mass is 278 g/mol. The Kier molecular flexibility index (Phi) is 5.95. The molecule has 0 aliphatic rings. The Morgan fingerprint density at radius 1 is 1.21 bits per heavy atom. The van der Waals surface area contributed by atoms with Gasteiger partial charge in [0.05, 0.1) is 4.99 Å². The number of nitrogens with two attached hydrogens (primary N) is 1. The van der Waals surface area contributed by atoms with E-state index in [0.29, 0.717) is 4.99 Å². The standard InChI is InChI=1S/C16H26N2S/c1-5-18(11-10-15(17)19)12-13-6-8-14(9-7-13)16(2,3)4/h6-9H,5,10-12H2,1-4H3,(H2,17,19). The second kappa shape index (κ2) is 7.01. The minimum atomic E-state index is 0.217. The summed E-state index contributed by atoms with van der Waals surface area (Å²) >= 11 is 4.94. The van der Waals surface area contributed by atoms with Crippen LogP contribution >= 0.6 is 12.2 Å². The van der Waals surface area contributed by atoms with Gasteiger partial charge >= 0.3 is 0 Å². The zero-order valence-electron chi connectivity index (χ0n) is 12.6. The molecule has 0 aliphatic carbocycles. The summed E-state index contributed by atoms with van der Waals surface area (Å²) in [6.45, 7) is 11.8. The van der Waals surface area contributed by atoms with Gasteiger partial charge in [0.2, 0.25) is 0 Å². The number of hydrogen-bond donors (Lipinski definition) is 1. The van der Waals surface area contributed by atoms with Crippen molar-refractivity contribution < 1.29 is 0 Å². The second-order valence-electron chi connectivity index (χ2n) is 6.03. The molecule has 1 aromatic rings. The average molecular weight is 278 g/mol. The highest BCUT2D eigenvalue weighted by molar-refractivity contribution is 7.80. The SMILES string of the molecule is CCN(CCC(N)=S)Cc1ccc(C(C)(C)C)cc1. The highest BCUT2D eigenvalue weighted by atomic mass is 32.1. The summed E-state index contributed by atoms with van der Waals surface area (Å²) < 4.78 is 0. The lowest BCUT2D eigenvalue weighted by atomic mass is 9.87. The molecule has 1 rings (SSSR count). The summed E-state index contributed by atoms with van der Waals surface area (Å²) in [6, 6.07) is 8.92. The average Bonchev–Trinajstić information content (AvgIpc) is 2.33. The smallest absolute Gasteiger partial charge is 0.0740 e. The third kappa shape index (κ3) is 5.70. The van der Waals surface area contributed by atoms with Gasteiger partial charge in [-0.3, -0.25) is 4.90 Å². The third-order valence-corrected chi connectivity index (χ3v) is 3.55. The molecular formula is C16H26N2S. The molecule has 0 radical (unpaired) electrons. The largest absolute Gasteiger partial charge is 0.393 e. The molecule has 0 fully saturated rings. The molecule has 0 heterocycles. The van der Waals surface area contributed by atoms with Gasteiger partial charge in [0.25, 0.3) is 0 Å². The Hall–Kier alpha value is -0.930. The maximum atomic E-state index is 5.56. The minimum Gasteiger partial charge on any atom is -0.393 e. The molecule has 2 nitrogen and oxygen atoms in total. The van der Waals surface area contributed by atoms with Crippen molar-refractivity contribution in [2.24, 2.45) is 5.73 Å². The van der Waals surface area contributed by atoms with Crippen LogP contribution in [-0.4, -0.2) is 23.0 Å². The van der Waals surface area contributed by atoms with Crippen molar-refractivity contribution in [3.63, 3.8) is 0 Å². The molecule has 0 amide bonds. The highest BCUT2D eigenvalue weighted by Crippen LogP contribution is 2.22. The summed E-state index contributed by atoms with van der Waals surface area (Å²) in [5.74, 6) is 0. The lowest BCUT2D eigenvalue weighted by molar-refractivity contribution is 0.288. The molecule has 0 atom stereocenters. The molecule has 0 aromatic heterocycles. The zero-order chi connectivity index (χ0) is 14.5. The van der Waals surface area contributed by atoms with Crippen LogP contribution in [0.2, 0.25) is 0 Å². The molecule has 19 heavy (non-hydrogen) atoms. The quantitative estimate of drug-likeness (QED) is 0.808. The van der Waals surface area contributed by atoms with Gasteiger partial charge in [-0.15, -0.1) is 0 Å². The first kappa shape index (κ1) is 16.1. The predicted molar refractivity (Wildman–Crippen MR) is 87.5 cm³/mol. The number of thiocarbonyl (C=S) groups is 1. The van der Waals surface area contributed by atoms with E-state index in [0.717, 1.165) is 26.1 Å². The van der Waals surface area contributed by atoms with Crippen LogP contribution in [0.4, 0.5) is 0 Å². The normalized spacial score (nSPS) is 11.8. The van der Waals surface area contributed by atoms with E-state index in [2.05, 4.69) is 56.9 Å². The van der Waals surface area contributed by atoms with Gasteiger partial charge in [-0.2, -0.15) is 0 Å². The lowest BCUT2D eigenvalue weighted by Gasteiger charge is -2.22. The van der Waals surface area contributed by atoms with Crippen LogP contribution in [0.15, 0.2) is 24.3 Å². The Labute approximate surface area is 123 Å². The highest BCUT2D eigenvalue weighted by Gasteiger charge is 2.13. The molecule has 0 bridgehead atoms. The second-order valence-corrected chi connectivity index (χ2v) is 6.56. The first-order chi connectivity index (χ1) is 8.82. The van der Waals surface area contributed by atoms with Crippen LogP contribution in [0.5, 0.6) is 0 Å². The maximum absolute atomic E-state index is 5.56. The fourth-order valence-electron chi connectivity index (χ4n) is 1.99. The van der Waals surface area contributed by atoms with Gasteiger partial charge in [-0.25, -0.2) is 0 Å².